The van der Waals surface area contributed by atoms with Gasteiger partial charge in [-0.2, -0.15) is 8.42 Å². The Kier molecular flexibility index (Phi) is 6.23. The van der Waals surface area contributed by atoms with Crippen LogP contribution in [0, 0.1) is 0 Å². The van der Waals surface area contributed by atoms with Crippen molar-refractivity contribution in [2.24, 2.45) is 0 Å². The highest BCUT2D eigenvalue weighted by molar-refractivity contribution is 7.85. The minimum Gasteiger partial charge on any atom is -0.508 e. The van der Waals surface area contributed by atoms with Crippen LogP contribution >= 0.6 is 0 Å². The van der Waals surface area contributed by atoms with Gasteiger partial charge in [-0.05, 0) is 60.9 Å². The van der Waals surface area contributed by atoms with Gasteiger partial charge in [-0.3, -0.25) is 4.55 Å². The topological polar surface area (TPSA) is 83.8 Å². The zero-order valence-electron chi connectivity index (χ0n) is 13.6. The molecular formula is C18H22O5S. The van der Waals surface area contributed by atoms with E-state index in [4.69, 9.17) is 9.29 Å². The first-order valence-electron chi connectivity index (χ1n) is 7.97. The van der Waals surface area contributed by atoms with E-state index in [0.29, 0.717) is 11.5 Å². The van der Waals surface area contributed by atoms with Gasteiger partial charge in [0.05, 0.1) is 4.90 Å². The van der Waals surface area contributed by atoms with Crippen molar-refractivity contribution in [3.63, 3.8) is 0 Å². The van der Waals surface area contributed by atoms with Gasteiger partial charge in [-0.25, -0.2) is 0 Å². The lowest BCUT2D eigenvalue weighted by atomic mass is 10.0. The fourth-order valence-corrected chi connectivity index (χ4v) is 2.89. The molecular weight excluding hydrogens is 328 g/mol. The molecule has 0 aromatic heterocycles. The van der Waals surface area contributed by atoms with E-state index in [0.717, 1.165) is 31.2 Å². The van der Waals surface area contributed by atoms with Gasteiger partial charge in [0.25, 0.3) is 10.1 Å². The molecule has 0 saturated carbocycles. The average molecular weight is 350 g/mol. The van der Waals surface area contributed by atoms with Crippen molar-refractivity contribution in [2.75, 3.05) is 0 Å². The van der Waals surface area contributed by atoms with Crippen LogP contribution in [0.15, 0.2) is 47.4 Å². The first-order chi connectivity index (χ1) is 11.4. The van der Waals surface area contributed by atoms with Gasteiger partial charge in [-0.1, -0.05) is 26.2 Å². The van der Waals surface area contributed by atoms with Gasteiger partial charge in [-0.15, -0.1) is 0 Å². The van der Waals surface area contributed by atoms with E-state index in [2.05, 4.69) is 6.92 Å². The largest absolute Gasteiger partial charge is 0.508 e. The molecule has 0 aliphatic carbocycles. The Morgan fingerprint density at radius 1 is 1.00 bits per heavy atom. The maximum Gasteiger partial charge on any atom is 0.294 e. The second kappa shape index (κ2) is 8.17. The van der Waals surface area contributed by atoms with Gasteiger partial charge in [0.1, 0.15) is 17.2 Å². The van der Waals surface area contributed by atoms with Crippen LogP contribution in [0.1, 0.15) is 38.2 Å². The highest BCUT2D eigenvalue weighted by Gasteiger charge is 2.10. The Bertz CT molecular complexity index is 766. The van der Waals surface area contributed by atoms with Crippen LogP contribution in [-0.2, 0) is 16.5 Å². The summed E-state index contributed by atoms with van der Waals surface area (Å²) in [6.07, 6.45) is 5.26. The predicted molar refractivity (Wildman–Crippen MR) is 92.3 cm³/mol. The lowest BCUT2D eigenvalue weighted by Crippen LogP contribution is -1.98. The molecule has 0 aliphatic rings. The van der Waals surface area contributed by atoms with Crippen LogP contribution in [0.25, 0.3) is 0 Å². The summed E-state index contributed by atoms with van der Waals surface area (Å²) in [6, 6.07) is 10.5. The van der Waals surface area contributed by atoms with Crippen molar-refractivity contribution in [3.8, 4) is 17.2 Å². The Morgan fingerprint density at radius 2 is 1.71 bits per heavy atom. The molecule has 0 fully saturated rings. The number of benzene rings is 2. The molecule has 2 aromatic carbocycles. The van der Waals surface area contributed by atoms with Gasteiger partial charge in [0.15, 0.2) is 0 Å². The lowest BCUT2D eigenvalue weighted by Gasteiger charge is -2.12. The number of aromatic hydroxyl groups is 1. The third kappa shape index (κ3) is 5.25. The average Bonchev–Trinajstić information content (AvgIpc) is 2.53. The summed E-state index contributed by atoms with van der Waals surface area (Å²) >= 11 is 0. The molecule has 6 heteroatoms. The van der Waals surface area contributed by atoms with E-state index >= 15 is 0 Å². The third-order valence-corrected chi connectivity index (χ3v) is 4.56. The summed E-state index contributed by atoms with van der Waals surface area (Å²) < 4.78 is 36.9. The number of unbranched alkanes of at least 4 members (excludes halogenated alkanes) is 3. The zero-order valence-corrected chi connectivity index (χ0v) is 14.4. The van der Waals surface area contributed by atoms with Crippen molar-refractivity contribution in [1.29, 1.82) is 0 Å². The molecule has 0 atom stereocenters. The van der Waals surface area contributed by atoms with Gasteiger partial charge in [0.2, 0.25) is 0 Å². The van der Waals surface area contributed by atoms with Crippen molar-refractivity contribution < 1.29 is 22.8 Å². The van der Waals surface area contributed by atoms with Crippen molar-refractivity contribution >= 4 is 10.1 Å². The molecule has 130 valence electrons. The summed E-state index contributed by atoms with van der Waals surface area (Å²) in [5.74, 6) is 1.28. The van der Waals surface area contributed by atoms with Crippen LogP contribution in [0.4, 0.5) is 0 Å². The first-order valence-corrected chi connectivity index (χ1v) is 9.41. The minimum absolute atomic E-state index is 0.180. The summed E-state index contributed by atoms with van der Waals surface area (Å²) in [6.45, 7) is 2.15. The summed E-state index contributed by atoms with van der Waals surface area (Å²) in [5.41, 5.74) is 0.907. The van der Waals surface area contributed by atoms with E-state index in [-0.39, 0.29) is 10.6 Å². The summed E-state index contributed by atoms with van der Waals surface area (Å²) in [5, 5.41) is 9.68. The molecule has 0 bridgehead atoms. The number of phenols is 1. The van der Waals surface area contributed by atoms with E-state index in [9.17, 15) is 13.5 Å². The SMILES string of the molecule is CCCCCCc1cc(O)ccc1Oc1ccc(S(=O)(=O)O)cc1. The Labute approximate surface area is 142 Å². The molecule has 0 aliphatic heterocycles. The highest BCUT2D eigenvalue weighted by atomic mass is 32.2. The fraction of sp³-hybridized carbons (Fsp3) is 0.333. The molecule has 2 N–H and O–H groups in total. The quantitative estimate of drug-likeness (QED) is 0.539. The Hall–Kier alpha value is -2.05. The first kappa shape index (κ1) is 18.3. The van der Waals surface area contributed by atoms with Crippen LogP contribution < -0.4 is 4.74 Å². The molecule has 0 saturated heterocycles. The predicted octanol–water partition coefficient (Wildman–Crippen LogP) is 4.55. The zero-order chi connectivity index (χ0) is 17.6. The Balaban J connectivity index is 2.13. The molecule has 24 heavy (non-hydrogen) atoms. The van der Waals surface area contributed by atoms with E-state index in [1.807, 2.05) is 0 Å². The number of hydrogen-bond acceptors (Lipinski definition) is 4. The number of aryl methyl sites for hydroxylation is 1. The molecule has 2 aromatic rings. The maximum atomic E-state index is 11.1. The van der Waals surface area contributed by atoms with Gasteiger partial charge >= 0.3 is 0 Å². The molecule has 0 unspecified atom stereocenters. The molecule has 5 nitrogen and oxygen atoms in total. The van der Waals surface area contributed by atoms with Crippen molar-refractivity contribution in [3.05, 3.63) is 48.0 Å². The highest BCUT2D eigenvalue weighted by Crippen LogP contribution is 2.30. The van der Waals surface area contributed by atoms with Crippen LogP contribution in [0.5, 0.6) is 17.2 Å². The van der Waals surface area contributed by atoms with E-state index < -0.39 is 10.1 Å². The summed E-state index contributed by atoms with van der Waals surface area (Å²) in [4.78, 5) is -0.180. The maximum absolute atomic E-state index is 11.1. The lowest BCUT2D eigenvalue weighted by molar-refractivity contribution is 0.457. The second-order valence-electron chi connectivity index (χ2n) is 5.65. The van der Waals surface area contributed by atoms with Crippen LogP contribution in [0.2, 0.25) is 0 Å². The standard InChI is InChI=1S/C18H22O5S/c1-2-3-4-5-6-14-13-15(19)7-12-18(14)23-16-8-10-17(11-9-16)24(20,21)22/h7-13,19H,2-6H2,1H3,(H,20,21,22). The van der Waals surface area contributed by atoms with Crippen LogP contribution in [0.3, 0.4) is 0 Å². The number of phenolic OH excluding ortho intramolecular Hbond substituents is 1. The van der Waals surface area contributed by atoms with Gasteiger partial charge < -0.3 is 9.84 Å². The number of ether oxygens (including phenoxy) is 1. The molecule has 0 heterocycles. The fourth-order valence-electron chi connectivity index (χ4n) is 2.41. The van der Waals surface area contributed by atoms with Gasteiger partial charge in [0, 0.05) is 0 Å². The third-order valence-electron chi connectivity index (χ3n) is 3.69. The van der Waals surface area contributed by atoms with Crippen molar-refractivity contribution in [1.82, 2.24) is 0 Å². The smallest absolute Gasteiger partial charge is 0.294 e. The molecule has 0 radical (unpaired) electrons. The van der Waals surface area contributed by atoms with Crippen LogP contribution in [-0.4, -0.2) is 18.1 Å². The second-order valence-corrected chi connectivity index (χ2v) is 7.07. The molecule has 0 spiro atoms. The molecule has 0 amide bonds. The molecule has 2 rings (SSSR count). The number of hydrogen-bond donors (Lipinski definition) is 2. The van der Waals surface area contributed by atoms with Crippen molar-refractivity contribution in [2.45, 2.75) is 43.9 Å². The van der Waals surface area contributed by atoms with E-state index in [1.54, 1.807) is 18.2 Å². The Morgan fingerprint density at radius 3 is 2.33 bits per heavy atom. The summed E-state index contributed by atoms with van der Waals surface area (Å²) in [7, 11) is -4.21. The normalized spacial score (nSPS) is 11.4. The monoisotopic (exact) mass is 350 g/mol. The minimum atomic E-state index is -4.21. The van der Waals surface area contributed by atoms with E-state index in [1.165, 1.54) is 30.7 Å². The number of rotatable bonds is 8.